The molecule has 6 heteroatoms. The van der Waals surface area contributed by atoms with E-state index in [9.17, 15) is 9.59 Å². The van der Waals surface area contributed by atoms with Gasteiger partial charge in [-0.3, -0.25) is 14.5 Å². The van der Waals surface area contributed by atoms with Gasteiger partial charge in [0.25, 0.3) is 0 Å². The number of ether oxygens (including phenoxy) is 1. The van der Waals surface area contributed by atoms with Crippen LogP contribution in [0.2, 0.25) is 0 Å². The highest BCUT2D eigenvalue weighted by Gasteiger charge is 2.31. The van der Waals surface area contributed by atoms with Crippen LogP contribution >= 0.6 is 0 Å². The molecule has 3 N–H and O–H groups in total. The fourth-order valence-corrected chi connectivity index (χ4v) is 2.83. The maximum Gasteiger partial charge on any atom is 0.237 e. The molecule has 1 saturated heterocycles. The molecule has 1 aromatic rings. The van der Waals surface area contributed by atoms with E-state index in [-0.39, 0.29) is 12.3 Å². The Hall–Kier alpha value is -2.08. The van der Waals surface area contributed by atoms with Crippen molar-refractivity contribution in [1.82, 2.24) is 10.2 Å². The van der Waals surface area contributed by atoms with E-state index in [1.807, 2.05) is 30.9 Å². The van der Waals surface area contributed by atoms with E-state index in [2.05, 4.69) is 5.32 Å². The first-order chi connectivity index (χ1) is 10.4. The van der Waals surface area contributed by atoms with Crippen molar-refractivity contribution < 1.29 is 14.3 Å². The highest BCUT2D eigenvalue weighted by atomic mass is 16.5. The fourth-order valence-electron chi connectivity index (χ4n) is 2.83. The average Bonchev–Trinajstić information content (AvgIpc) is 2.47. The normalized spacial score (nSPS) is 18.9. The van der Waals surface area contributed by atoms with Crippen LogP contribution in [0.4, 0.5) is 0 Å². The monoisotopic (exact) mass is 305 g/mol. The Morgan fingerprint density at radius 3 is 2.77 bits per heavy atom. The van der Waals surface area contributed by atoms with Crippen molar-refractivity contribution in [1.29, 1.82) is 0 Å². The van der Waals surface area contributed by atoms with Crippen molar-refractivity contribution in [2.45, 2.75) is 32.9 Å². The number of rotatable bonds is 5. The van der Waals surface area contributed by atoms with Gasteiger partial charge in [0.15, 0.2) is 0 Å². The molecule has 1 aromatic carbocycles. The number of amides is 2. The van der Waals surface area contributed by atoms with E-state index >= 15 is 0 Å². The second kappa shape index (κ2) is 6.79. The minimum atomic E-state index is -0.493. The van der Waals surface area contributed by atoms with Gasteiger partial charge in [-0.1, -0.05) is 6.07 Å². The molecular weight excluding hydrogens is 282 g/mol. The van der Waals surface area contributed by atoms with E-state index < -0.39 is 11.9 Å². The molecule has 2 rings (SSSR count). The summed E-state index contributed by atoms with van der Waals surface area (Å²) >= 11 is 0. The molecule has 1 atom stereocenters. The first kappa shape index (κ1) is 16.3. The van der Waals surface area contributed by atoms with Crippen molar-refractivity contribution in [3.8, 4) is 5.75 Å². The molecule has 1 aliphatic rings. The quantitative estimate of drug-likeness (QED) is 0.829. The molecule has 1 heterocycles. The minimum absolute atomic E-state index is 0.0417. The molecule has 22 heavy (non-hydrogen) atoms. The topological polar surface area (TPSA) is 84.7 Å². The van der Waals surface area contributed by atoms with E-state index in [1.54, 1.807) is 7.11 Å². The van der Waals surface area contributed by atoms with Crippen LogP contribution in [0.3, 0.4) is 0 Å². The molecule has 0 saturated carbocycles. The van der Waals surface area contributed by atoms with Crippen LogP contribution in [-0.4, -0.2) is 43.0 Å². The average molecular weight is 305 g/mol. The second-order valence-electron chi connectivity index (χ2n) is 5.62. The van der Waals surface area contributed by atoms with Crippen molar-refractivity contribution in [2.75, 3.05) is 20.2 Å². The van der Waals surface area contributed by atoms with Crippen molar-refractivity contribution >= 4 is 11.8 Å². The molecule has 6 nitrogen and oxygen atoms in total. The summed E-state index contributed by atoms with van der Waals surface area (Å²) in [5, 5.41) is 2.79. The molecule has 0 spiro atoms. The van der Waals surface area contributed by atoms with Crippen LogP contribution < -0.4 is 15.8 Å². The number of nitrogens with two attached hydrogens (primary N) is 1. The zero-order valence-corrected chi connectivity index (χ0v) is 13.3. The Morgan fingerprint density at radius 1 is 1.41 bits per heavy atom. The van der Waals surface area contributed by atoms with Gasteiger partial charge in [0.05, 0.1) is 19.6 Å². The Morgan fingerprint density at radius 2 is 2.14 bits per heavy atom. The number of nitrogens with one attached hydrogen (secondary N) is 1. The molecule has 0 aliphatic carbocycles. The summed E-state index contributed by atoms with van der Waals surface area (Å²) in [5.74, 6) is 0.258. The highest BCUT2D eigenvalue weighted by molar-refractivity contribution is 5.88. The molecule has 1 fully saturated rings. The maximum atomic E-state index is 12.0. The summed E-state index contributed by atoms with van der Waals surface area (Å²) in [6, 6.07) is 3.45. The van der Waals surface area contributed by atoms with Crippen molar-refractivity contribution in [3.63, 3.8) is 0 Å². The van der Waals surface area contributed by atoms with Gasteiger partial charge in [0.1, 0.15) is 5.75 Å². The molecule has 120 valence electrons. The lowest BCUT2D eigenvalue weighted by Crippen LogP contribution is -2.55. The van der Waals surface area contributed by atoms with Gasteiger partial charge in [0.2, 0.25) is 11.8 Å². The van der Waals surface area contributed by atoms with E-state index in [4.69, 9.17) is 10.5 Å². The number of carbonyl (C=O) groups is 2. The predicted molar refractivity (Wildman–Crippen MR) is 83.5 cm³/mol. The SMILES string of the molecule is COc1ccc(CN2CCNC(=O)C2CC(N)=O)c(C)c1C. The Kier molecular flexibility index (Phi) is 5.03. The number of benzene rings is 1. The number of nitrogens with zero attached hydrogens (tertiary/aromatic N) is 1. The van der Waals surface area contributed by atoms with Gasteiger partial charge < -0.3 is 15.8 Å². The number of methoxy groups -OCH3 is 1. The minimum Gasteiger partial charge on any atom is -0.496 e. The summed E-state index contributed by atoms with van der Waals surface area (Å²) in [4.78, 5) is 25.2. The smallest absolute Gasteiger partial charge is 0.237 e. The number of carbonyl (C=O) groups excluding carboxylic acids is 2. The standard InChI is InChI=1S/C16H23N3O3/c1-10-11(2)14(22-3)5-4-12(10)9-19-7-6-18-16(21)13(19)8-15(17)20/h4-5,13H,6-9H2,1-3H3,(H2,17,20)(H,18,21). The van der Waals surface area contributed by atoms with E-state index in [1.165, 1.54) is 0 Å². The Labute approximate surface area is 130 Å². The fraction of sp³-hybridized carbons (Fsp3) is 0.500. The first-order valence-corrected chi connectivity index (χ1v) is 7.37. The van der Waals surface area contributed by atoms with Crippen LogP contribution in [0.1, 0.15) is 23.1 Å². The second-order valence-corrected chi connectivity index (χ2v) is 5.62. The summed E-state index contributed by atoms with van der Waals surface area (Å²) in [5.41, 5.74) is 8.63. The van der Waals surface area contributed by atoms with E-state index in [0.717, 1.165) is 22.4 Å². The number of hydrogen-bond acceptors (Lipinski definition) is 4. The maximum absolute atomic E-state index is 12.0. The van der Waals surface area contributed by atoms with Crippen LogP contribution in [-0.2, 0) is 16.1 Å². The molecule has 1 aliphatic heterocycles. The van der Waals surface area contributed by atoms with Gasteiger partial charge in [-0.15, -0.1) is 0 Å². The number of piperazine rings is 1. The van der Waals surface area contributed by atoms with Crippen LogP contribution in [0.15, 0.2) is 12.1 Å². The first-order valence-electron chi connectivity index (χ1n) is 7.37. The molecule has 1 unspecified atom stereocenters. The molecule has 0 bridgehead atoms. The predicted octanol–water partition coefficient (Wildman–Crippen LogP) is 0.488. The third-order valence-corrected chi connectivity index (χ3v) is 4.28. The Bertz CT molecular complexity index is 586. The molecule has 2 amide bonds. The summed E-state index contributed by atoms with van der Waals surface area (Å²) < 4.78 is 5.32. The van der Waals surface area contributed by atoms with Crippen LogP contribution in [0.5, 0.6) is 5.75 Å². The lowest BCUT2D eigenvalue weighted by molar-refractivity contribution is -0.133. The summed E-state index contributed by atoms with van der Waals surface area (Å²) in [6.07, 6.45) is 0.0417. The van der Waals surface area contributed by atoms with Gasteiger partial charge in [-0.25, -0.2) is 0 Å². The lowest BCUT2D eigenvalue weighted by atomic mass is 10.00. The summed E-state index contributed by atoms with van der Waals surface area (Å²) in [7, 11) is 1.65. The highest BCUT2D eigenvalue weighted by Crippen LogP contribution is 2.25. The van der Waals surface area contributed by atoms with Crippen LogP contribution in [0.25, 0.3) is 0 Å². The van der Waals surface area contributed by atoms with Crippen molar-refractivity contribution in [3.05, 3.63) is 28.8 Å². The number of hydrogen-bond donors (Lipinski definition) is 2. The third kappa shape index (κ3) is 3.39. The van der Waals surface area contributed by atoms with Crippen LogP contribution in [0, 0.1) is 13.8 Å². The third-order valence-electron chi connectivity index (χ3n) is 4.28. The van der Waals surface area contributed by atoms with Gasteiger partial charge in [0, 0.05) is 19.6 Å². The van der Waals surface area contributed by atoms with E-state index in [0.29, 0.717) is 19.6 Å². The lowest BCUT2D eigenvalue weighted by Gasteiger charge is -2.35. The molecule has 0 radical (unpaired) electrons. The molecular formula is C16H23N3O3. The van der Waals surface area contributed by atoms with Gasteiger partial charge in [-0.2, -0.15) is 0 Å². The molecule has 0 aromatic heterocycles. The van der Waals surface area contributed by atoms with Gasteiger partial charge in [-0.05, 0) is 36.6 Å². The zero-order valence-electron chi connectivity index (χ0n) is 13.3. The Balaban J connectivity index is 2.22. The zero-order chi connectivity index (χ0) is 16.3. The number of primary amides is 1. The summed E-state index contributed by atoms with van der Waals surface area (Å²) in [6.45, 7) is 5.96. The van der Waals surface area contributed by atoms with Gasteiger partial charge >= 0.3 is 0 Å². The van der Waals surface area contributed by atoms with Crippen molar-refractivity contribution in [2.24, 2.45) is 5.73 Å². The largest absolute Gasteiger partial charge is 0.496 e.